The molecule has 0 unspecified atom stereocenters. The maximum Gasteiger partial charge on any atom is 0.350 e. The summed E-state index contributed by atoms with van der Waals surface area (Å²) in [4.78, 5) is 16.1. The molecule has 0 fully saturated rings. The molecule has 0 amide bonds. The third kappa shape index (κ3) is 2.10. The van der Waals surface area contributed by atoms with Gasteiger partial charge in [-0.1, -0.05) is 18.2 Å². The summed E-state index contributed by atoms with van der Waals surface area (Å²) >= 11 is 0. The van der Waals surface area contributed by atoms with Crippen molar-refractivity contribution in [1.29, 1.82) is 0 Å². The number of nitrogens with zero attached hydrogens (tertiary/aromatic N) is 4. The zero-order chi connectivity index (χ0) is 14.1. The molecule has 2 N–H and O–H groups in total. The van der Waals surface area contributed by atoms with Crippen LogP contribution in [0.3, 0.4) is 0 Å². The van der Waals surface area contributed by atoms with Crippen molar-refractivity contribution in [3.05, 3.63) is 64.0 Å². The van der Waals surface area contributed by atoms with E-state index in [4.69, 9.17) is 5.73 Å². The molecular weight excluding hydrogens is 254 g/mol. The summed E-state index contributed by atoms with van der Waals surface area (Å²) in [5.41, 5.74) is 9.25. The standard InChI is InChI=1S/C14H15N5O/c1-10-6-11(7-15)2-3-12(10)9-19-14(20)18-5-4-16-8-13(18)17-19/h2-6,8H,7,9,15H2,1H3. The molecule has 1 aromatic carbocycles. The van der Waals surface area contributed by atoms with Crippen LogP contribution in [0, 0.1) is 6.92 Å². The third-order valence-corrected chi connectivity index (χ3v) is 3.35. The summed E-state index contributed by atoms with van der Waals surface area (Å²) in [6.45, 7) is 2.97. The Balaban J connectivity index is 2.01. The van der Waals surface area contributed by atoms with Crippen LogP contribution in [0.4, 0.5) is 0 Å². The lowest BCUT2D eigenvalue weighted by molar-refractivity contribution is 0.656. The van der Waals surface area contributed by atoms with Crippen LogP contribution in [0.5, 0.6) is 0 Å². The van der Waals surface area contributed by atoms with Crippen molar-refractivity contribution >= 4 is 5.65 Å². The lowest BCUT2D eigenvalue weighted by Gasteiger charge is -2.07. The molecule has 0 aliphatic carbocycles. The van der Waals surface area contributed by atoms with Crippen LogP contribution in [0.2, 0.25) is 0 Å². The van der Waals surface area contributed by atoms with E-state index in [1.54, 1.807) is 18.6 Å². The van der Waals surface area contributed by atoms with Gasteiger partial charge in [0, 0.05) is 18.9 Å². The van der Waals surface area contributed by atoms with Crippen LogP contribution in [-0.4, -0.2) is 19.2 Å². The van der Waals surface area contributed by atoms with E-state index in [-0.39, 0.29) is 5.69 Å². The van der Waals surface area contributed by atoms with E-state index in [0.29, 0.717) is 18.7 Å². The highest BCUT2D eigenvalue weighted by Crippen LogP contribution is 2.11. The number of fused-ring (bicyclic) bond motifs is 1. The van der Waals surface area contributed by atoms with Crippen molar-refractivity contribution in [1.82, 2.24) is 19.2 Å². The van der Waals surface area contributed by atoms with Crippen LogP contribution in [0.15, 0.2) is 41.6 Å². The maximum absolute atomic E-state index is 12.2. The molecule has 0 saturated heterocycles. The molecule has 0 radical (unpaired) electrons. The van der Waals surface area contributed by atoms with Gasteiger partial charge in [-0.15, -0.1) is 5.10 Å². The molecule has 102 valence electrons. The molecule has 0 spiro atoms. The number of benzene rings is 1. The highest BCUT2D eigenvalue weighted by Gasteiger charge is 2.08. The van der Waals surface area contributed by atoms with Crippen molar-refractivity contribution in [2.45, 2.75) is 20.0 Å². The Morgan fingerprint density at radius 3 is 2.90 bits per heavy atom. The summed E-state index contributed by atoms with van der Waals surface area (Å²) in [6.07, 6.45) is 4.76. The van der Waals surface area contributed by atoms with Gasteiger partial charge in [-0.25, -0.2) is 13.9 Å². The van der Waals surface area contributed by atoms with Gasteiger partial charge in [-0.2, -0.15) is 0 Å². The van der Waals surface area contributed by atoms with E-state index < -0.39 is 0 Å². The molecule has 3 rings (SSSR count). The number of rotatable bonds is 3. The van der Waals surface area contributed by atoms with Gasteiger partial charge in [-0.3, -0.25) is 4.98 Å². The van der Waals surface area contributed by atoms with E-state index in [0.717, 1.165) is 16.7 Å². The van der Waals surface area contributed by atoms with Gasteiger partial charge in [0.05, 0.1) is 12.7 Å². The van der Waals surface area contributed by atoms with Gasteiger partial charge in [0.1, 0.15) is 0 Å². The molecule has 0 aliphatic rings. The summed E-state index contributed by atoms with van der Waals surface area (Å²) in [5.74, 6) is 0. The average molecular weight is 269 g/mol. The second-order valence-corrected chi connectivity index (χ2v) is 4.71. The van der Waals surface area contributed by atoms with Crippen LogP contribution in [-0.2, 0) is 13.1 Å². The van der Waals surface area contributed by atoms with Crippen molar-refractivity contribution in [3.63, 3.8) is 0 Å². The highest BCUT2D eigenvalue weighted by molar-refractivity contribution is 5.34. The van der Waals surface area contributed by atoms with Crippen molar-refractivity contribution in [2.75, 3.05) is 0 Å². The first-order valence-electron chi connectivity index (χ1n) is 6.36. The predicted octanol–water partition coefficient (Wildman–Crippen LogP) is 0.706. The Bertz CT molecular complexity index is 818. The lowest BCUT2D eigenvalue weighted by Crippen LogP contribution is -2.22. The molecule has 3 aromatic rings. The Labute approximate surface area is 115 Å². The second kappa shape index (κ2) is 4.90. The van der Waals surface area contributed by atoms with Crippen molar-refractivity contribution in [2.24, 2.45) is 5.73 Å². The molecule has 2 aromatic heterocycles. The Morgan fingerprint density at radius 2 is 2.20 bits per heavy atom. The third-order valence-electron chi connectivity index (χ3n) is 3.35. The normalized spacial score (nSPS) is 11.1. The quantitative estimate of drug-likeness (QED) is 0.759. The monoisotopic (exact) mass is 269 g/mol. The first-order chi connectivity index (χ1) is 9.69. The average Bonchev–Trinajstić information content (AvgIpc) is 2.78. The van der Waals surface area contributed by atoms with E-state index in [2.05, 4.69) is 10.1 Å². The van der Waals surface area contributed by atoms with Gasteiger partial charge < -0.3 is 5.73 Å². The number of hydrogen-bond donors (Lipinski definition) is 1. The highest BCUT2D eigenvalue weighted by atomic mass is 16.2. The molecule has 20 heavy (non-hydrogen) atoms. The van der Waals surface area contributed by atoms with Crippen molar-refractivity contribution in [3.8, 4) is 0 Å². The lowest BCUT2D eigenvalue weighted by atomic mass is 10.1. The minimum atomic E-state index is -0.162. The van der Waals surface area contributed by atoms with Crippen LogP contribution < -0.4 is 11.4 Å². The van der Waals surface area contributed by atoms with Crippen LogP contribution in [0.25, 0.3) is 5.65 Å². The minimum Gasteiger partial charge on any atom is -0.326 e. The van der Waals surface area contributed by atoms with Crippen LogP contribution in [0.1, 0.15) is 16.7 Å². The van der Waals surface area contributed by atoms with Crippen LogP contribution >= 0.6 is 0 Å². The van der Waals surface area contributed by atoms with Gasteiger partial charge in [-0.05, 0) is 23.6 Å². The van der Waals surface area contributed by atoms with E-state index in [1.807, 2.05) is 25.1 Å². The fourth-order valence-corrected chi connectivity index (χ4v) is 2.21. The Kier molecular flexibility index (Phi) is 3.08. The Morgan fingerprint density at radius 1 is 1.35 bits per heavy atom. The minimum absolute atomic E-state index is 0.162. The molecule has 0 bridgehead atoms. The Hall–Kier alpha value is -2.47. The molecule has 2 heterocycles. The summed E-state index contributed by atoms with van der Waals surface area (Å²) in [6, 6.07) is 6.01. The predicted molar refractivity (Wildman–Crippen MR) is 75.4 cm³/mol. The largest absolute Gasteiger partial charge is 0.350 e. The van der Waals surface area contributed by atoms with E-state index in [9.17, 15) is 4.79 Å². The molecule has 0 saturated carbocycles. The SMILES string of the molecule is Cc1cc(CN)ccc1Cn1nc2cnccn2c1=O. The fourth-order valence-electron chi connectivity index (χ4n) is 2.21. The van der Waals surface area contributed by atoms with Crippen molar-refractivity contribution < 1.29 is 0 Å². The molecular formula is C14H15N5O. The summed E-state index contributed by atoms with van der Waals surface area (Å²) in [7, 11) is 0. The van der Waals surface area contributed by atoms with Gasteiger partial charge in [0.25, 0.3) is 0 Å². The maximum atomic E-state index is 12.2. The van der Waals surface area contributed by atoms with E-state index >= 15 is 0 Å². The second-order valence-electron chi connectivity index (χ2n) is 4.71. The summed E-state index contributed by atoms with van der Waals surface area (Å²) < 4.78 is 2.93. The first-order valence-corrected chi connectivity index (χ1v) is 6.36. The topological polar surface area (TPSA) is 78.2 Å². The molecule has 0 aliphatic heterocycles. The van der Waals surface area contributed by atoms with Gasteiger partial charge in [0.2, 0.25) is 0 Å². The van der Waals surface area contributed by atoms with Gasteiger partial charge >= 0.3 is 5.69 Å². The van der Waals surface area contributed by atoms with E-state index in [1.165, 1.54) is 9.08 Å². The number of hydrogen-bond acceptors (Lipinski definition) is 4. The number of nitrogens with two attached hydrogens (primary N) is 1. The molecule has 6 nitrogen and oxygen atoms in total. The zero-order valence-electron chi connectivity index (χ0n) is 11.2. The summed E-state index contributed by atoms with van der Waals surface area (Å²) in [5, 5.41) is 4.27. The fraction of sp³-hybridized carbons (Fsp3) is 0.214. The molecule has 0 atom stereocenters. The van der Waals surface area contributed by atoms with Gasteiger partial charge in [0.15, 0.2) is 5.65 Å². The first kappa shape index (κ1) is 12.6. The number of aromatic nitrogens is 4. The molecule has 6 heteroatoms. The zero-order valence-corrected chi connectivity index (χ0v) is 11.2. The number of aryl methyl sites for hydroxylation is 1. The smallest absolute Gasteiger partial charge is 0.326 e.